The van der Waals surface area contributed by atoms with E-state index in [4.69, 9.17) is 14.2 Å². The van der Waals surface area contributed by atoms with Crippen molar-refractivity contribution in [3.05, 3.63) is 0 Å². The van der Waals surface area contributed by atoms with Crippen LogP contribution in [0.5, 0.6) is 0 Å². The van der Waals surface area contributed by atoms with Gasteiger partial charge in [-0.25, -0.2) is 4.90 Å². The Morgan fingerprint density at radius 3 is 1.31 bits per heavy atom. The van der Waals surface area contributed by atoms with Gasteiger partial charge in [-0.05, 0) is 34.9 Å². The number of rotatable bonds is 7. The Morgan fingerprint density at radius 1 is 0.846 bits per heavy atom. The lowest BCUT2D eigenvalue weighted by Crippen LogP contribution is -2.51. The summed E-state index contributed by atoms with van der Waals surface area (Å²) in [6.07, 6.45) is -1.02. The maximum Gasteiger partial charge on any atom is 0.352 e. The van der Waals surface area contributed by atoms with Crippen molar-refractivity contribution in [1.29, 1.82) is 0 Å². The summed E-state index contributed by atoms with van der Waals surface area (Å²) in [5.74, 6) is 0. The first-order valence-electron chi connectivity index (χ1n) is 4.72. The predicted molar refractivity (Wildman–Crippen MR) is 51.3 cm³/mol. The fraction of sp³-hybridized carbons (Fsp3) is 1.00. The van der Waals surface area contributed by atoms with Crippen molar-refractivity contribution in [3.8, 4) is 0 Å². The van der Waals surface area contributed by atoms with E-state index < -0.39 is 6.10 Å². The molecule has 0 heterocycles. The zero-order chi connectivity index (χ0) is 10.3. The first-order valence-corrected chi connectivity index (χ1v) is 4.72. The Kier molecular flexibility index (Phi) is 6.24. The molecule has 0 atom stereocenters. The molecule has 4 nitrogen and oxygen atoms in total. The van der Waals surface area contributed by atoms with Crippen molar-refractivity contribution in [2.24, 2.45) is 0 Å². The molecular formula is C9H21NO3. The van der Waals surface area contributed by atoms with Crippen LogP contribution in [0, 0.1) is 0 Å². The molecule has 0 spiro atoms. The van der Waals surface area contributed by atoms with E-state index in [0.717, 1.165) is 0 Å². The molecule has 13 heavy (non-hydrogen) atoms. The van der Waals surface area contributed by atoms with Crippen molar-refractivity contribution in [1.82, 2.24) is 4.90 Å². The second-order valence-electron chi connectivity index (χ2n) is 2.72. The fourth-order valence-corrected chi connectivity index (χ4v) is 1.06. The third-order valence-electron chi connectivity index (χ3n) is 1.53. The van der Waals surface area contributed by atoms with Crippen molar-refractivity contribution < 1.29 is 14.2 Å². The van der Waals surface area contributed by atoms with Crippen LogP contribution in [0.2, 0.25) is 0 Å². The summed E-state index contributed by atoms with van der Waals surface area (Å²) in [6, 6.07) is 0. The SMILES string of the molecule is CCOC(OCC)(OCC)N(C)C. The molecule has 0 saturated heterocycles. The predicted octanol–water partition coefficient (Wildman–Crippen LogP) is 1.27. The van der Waals surface area contributed by atoms with E-state index in [9.17, 15) is 0 Å². The van der Waals surface area contributed by atoms with E-state index >= 15 is 0 Å². The molecule has 0 aromatic heterocycles. The lowest BCUT2D eigenvalue weighted by Gasteiger charge is -2.36. The zero-order valence-electron chi connectivity index (χ0n) is 9.29. The van der Waals surface area contributed by atoms with E-state index in [0.29, 0.717) is 19.8 Å². The highest BCUT2D eigenvalue weighted by atomic mass is 16.9. The summed E-state index contributed by atoms with van der Waals surface area (Å²) in [4.78, 5) is 1.78. The van der Waals surface area contributed by atoms with Gasteiger partial charge in [-0.2, -0.15) is 0 Å². The monoisotopic (exact) mass is 191 g/mol. The largest absolute Gasteiger partial charge is 0.352 e. The average molecular weight is 191 g/mol. The van der Waals surface area contributed by atoms with Gasteiger partial charge in [-0.1, -0.05) is 0 Å². The number of ether oxygens (including phenoxy) is 3. The van der Waals surface area contributed by atoms with E-state index in [2.05, 4.69) is 0 Å². The van der Waals surface area contributed by atoms with E-state index in [-0.39, 0.29) is 0 Å². The smallest absolute Gasteiger partial charge is 0.314 e. The van der Waals surface area contributed by atoms with E-state index in [1.165, 1.54) is 0 Å². The van der Waals surface area contributed by atoms with Gasteiger partial charge in [0.05, 0.1) is 19.8 Å². The van der Waals surface area contributed by atoms with Gasteiger partial charge < -0.3 is 14.2 Å². The van der Waals surface area contributed by atoms with Gasteiger partial charge in [-0.15, -0.1) is 0 Å². The van der Waals surface area contributed by atoms with Crippen LogP contribution in [-0.2, 0) is 14.2 Å². The highest BCUT2D eigenvalue weighted by molar-refractivity contribution is 4.52. The first-order chi connectivity index (χ1) is 6.13. The minimum Gasteiger partial charge on any atom is -0.314 e. The van der Waals surface area contributed by atoms with Gasteiger partial charge in [0.1, 0.15) is 0 Å². The summed E-state index contributed by atoms with van der Waals surface area (Å²) in [5.41, 5.74) is 0. The van der Waals surface area contributed by atoms with Gasteiger partial charge in [0.25, 0.3) is 0 Å². The van der Waals surface area contributed by atoms with Crippen LogP contribution >= 0.6 is 0 Å². The molecule has 0 bridgehead atoms. The standard InChI is InChI=1S/C9H21NO3/c1-6-11-9(10(4)5,12-7-2)13-8-3/h6-8H2,1-5H3. The van der Waals surface area contributed by atoms with Crippen LogP contribution in [0.15, 0.2) is 0 Å². The Bertz CT molecular complexity index is 111. The molecule has 0 aromatic rings. The van der Waals surface area contributed by atoms with Crippen LogP contribution in [0.25, 0.3) is 0 Å². The lowest BCUT2D eigenvalue weighted by molar-refractivity contribution is -0.435. The van der Waals surface area contributed by atoms with Crippen LogP contribution in [0.3, 0.4) is 0 Å². The van der Waals surface area contributed by atoms with Gasteiger partial charge in [0.15, 0.2) is 0 Å². The third kappa shape index (κ3) is 3.60. The fourth-order valence-electron chi connectivity index (χ4n) is 1.06. The molecule has 0 rings (SSSR count). The third-order valence-corrected chi connectivity index (χ3v) is 1.53. The molecule has 0 aliphatic carbocycles. The number of nitrogens with zero attached hydrogens (tertiary/aromatic N) is 1. The summed E-state index contributed by atoms with van der Waals surface area (Å²) in [6.45, 7) is 7.40. The highest BCUT2D eigenvalue weighted by Crippen LogP contribution is 2.17. The van der Waals surface area contributed by atoms with E-state index in [1.807, 2.05) is 34.9 Å². The molecule has 0 aromatic carbocycles. The molecule has 0 aliphatic rings. The Morgan fingerprint density at radius 2 is 1.15 bits per heavy atom. The highest BCUT2D eigenvalue weighted by Gasteiger charge is 2.35. The molecule has 0 radical (unpaired) electrons. The summed E-state index contributed by atoms with van der Waals surface area (Å²) in [7, 11) is 3.72. The molecule has 80 valence electrons. The van der Waals surface area contributed by atoms with Crippen molar-refractivity contribution in [3.63, 3.8) is 0 Å². The van der Waals surface area contributed by atoms with Gasteiger partial charge in [-0.3, -0.25) is 0 Å². The molecule has 0 saturated carbocycles. The quantitative estimate of drug-likeness (QED) is 0.567. The maximum absolute atomic E-state index is 5.45. The maximum atomic E-state index is 5.45. The second-order valence-corrected chi connectivity index (χ2v) is 2.72. The van der Waals surface area contributed by atoms with Crippen LogP contribution in [0.4, 0.5) is 0 Å². The van der Waals surface area contributed by atoms with Crippen LogP contribution < -0.4 is 0 Å². The summed E-state index contributed by atoms with van der Waals surface area (Å²) < 4.78 is 16.4. The van der Waals surface area contributed by atoms with Crippen molar-refractivity contribution >= 4 is 0 Å². The minimum absolute atomic E-state index is 0.554. The van der Waals surface area contributed by atoms with Crippen molar-refractivity contribution in [2.45, 2.75) is 26.9 Å². The lowest BCUT2D eigenvalue weighted by atomic mass is 10.7. The molecule has 4 heteroatoms. The second kappa shape index (κ2) is 6.32. The minimum atomic E-state index is -1.02. The molecular weight excluding hydrogens is 170 g/mol. The molecule has 0 aliphatic heterocycles. The number of hydrogen-bond donors (Lipinski definition) is 0. The van der Waals surface area contributed by atoms with Crippen LogP contribution in [-0.4, -0.2) is 44.9 Å². The zero-order valence-corrected chi connectivity index (χ0v) is 9.29. The summed E-state index contributed by atoms with van der Waals surface area (Å²) in [5, 5.41) is 0. The Hall–Kier alpha value is -0.160. The number of hydrogen-bond acceptors (Lipinski definition) is 4. The average Bonchev–Trinajstić information content (AvgIpc) is 2.05. The van der Waals surface area contributed by atoms with Gasteiger partial charge in [0, 0.05) is 0 Å². The molecule has 0 fully saturated rings. The summed E-state index contributed by atoms with van der Waals surface area (Å²) >= 11 is 0. The molecule has 0 amide bonds. The van der Waals surface area contributed by atoms with Crippen LogP contribution in [0.1, 0.15) is 20.8 Å². The Labute approximate surface area is 80.8 Å². The van der Waals surface area contributed by atoms with Crippen molar-refractivity contribution in [2.75, 3.05) is 33.9 Å². The van der Waals surface area contributed by atoms with Gasteiger partial charge >= 0.3 is 6.10 Å². The topological polar surface area (TPSA) is 30.9 Å². The molecule has 0 unspecified atom stereocenters. The van der Waals surface area contributed by atoms with Gasteiger partial charge in [0.2, 0.25) is 0 Å². The normalized spacial score (nSPS) is 12.5. The molecule has 0 N–H and O–H groups in total. The first kappa shape index (κ1) is 12.8. The van der Waals surface area contributed by atoms with E-state index in [1.54, 1.807) is 4.90 Å². The Balaban J connectivity index is 4.38.